The zero-order valence-corrected chi connectivity index (χ0v) is 55.0. The van der Waals surface area contributed by atoms with Gasteiger partial charge in [0.25, 0.3) is 0 Å². The molecule has 3 saturated carbocycles. The van der Waals surface area contributed by atoms with E-state index >= 15 is 0 Å². The molecule has 6 aliphatic rings. The van der Waals surface area contributed by atoms with Crippen LogP contribution in [-0.4, -0.2) is 146 Å². The minimum atomic E-state index is -0.909. The van der Waals surface area contributed by atoms with Gasteiger partial charge in [0.1, 0.15) is 71.7 Å². The molecule has 3 saturated heterocycles. The minimum absolute atomic E-state index is 0.172. The third-order valence-electron chi connectivity index (χ3n) is 22.0. The number of aliphatic hydroxyl groups excluding tert-OH is 6. The van der Waals surface area contributed by atoms with Crippen LogP contribution in [0.3, 0.4) is 0 Å². The van der Waals surface area contributed by atoms with Gasteiger partial charge in [0.2, 0.25) is 0 Å². The maximum atomic E-state index is 11.1. The third-order valence-corrected chi connectivity index (χ3v) is 22.6. The Labute approximate surface area is 564 Å². The van der Waals surface area contributed by atoms with E-state index in [4.69, 9.17) is 31.4 Å². The van der Waals surface area contributed by atoms with Gasteiger partial charge in [0.05, 0.1) is 113 Å². The molecule has 0 radical (unpaired) electrons. The summed E-state index contributed by atoms with van der Waals surface area (Å²) in [6.07, 6.45) is 8.19. The molecule has 24 nitrogen and oxygen atoms in total. The summed E-state index contributed by atoms with van der Waals surface area (Å²) in [5.74, 6) is 1.40. The van der Waals surface area contributed by atoms with Gasteiger partial charge in [-0.2, -0.15) is 0 Å². The van der Waals surface area contributed by atoms with E-state index in [9.17, 15) is 30.6 Å². The lowest BCUT2D eigenvalue weighted by Gasteiger charge is -2.26. The molecule has 9 aromatic heterocycles. The summed E-state index contributed by atoms with van der Waals surface area (Å²) in [7, 11) is 0. The second-order valence-electron chi connectivity index (χ2n) is 27.7. The molecule has 12 heterocycles. The zero-order chi connectivity index (χ0) is 67.0. The van der Waals surface area contributed by atoms with Gasteiger partial charge in [-0.25, -0.2) is 44.9 Å². The molecule has 15 atom stereocenters. The predicted octanol–water partition coefficient (Wildman–Crippen LogP) is 8.82. The van der Waals surface area contributed by atoms with Crippen LogP contribution >= 0.6 is 15.9 Å². The Morgan fingerprint density at radius 2 is 0.742 bits per heavy atom. The predicted molar refractivity (Wildman–Crippen MR) is 367 cm³/mol. The molecule has 0 bridgehead atoms. The normalized spacial score (nSPS) is 29.9. The number of hydrogen-bond donors (Lipinski definition) is 9. The van der Waals surface area contributed by atoms with E-state index in [1.54, 1.807) is 12.1 Å². The highest BCUT2D eigenvalue weighted by molar-refractivity contribution is 9.10. The van der Waals surface area contributed by atoms with Crippen molar-refractivity contribution in [2.75, 3.05) is 37.0 Å². The lowest BCUT2D eigenvalue weighted by Crippen LogP contribution is -2.37. The molecule has 3 aliphatic heterocycles. The van der Waals surface area contributed by atoms with Gasteiger partial charge in [0, 0.05) is 67.2 Å². The van der Waals surface area contributed by atoms with Crippen molar-refractivity contribution in [3.05, 3.63) is 179 Å². The number of halogens is 1. The Kier molecular flexibility index (Phi) is 15.6. The van der Waals surface area contributed by atoms with Crippen LogP contribution in [0.5, 0.6) is 0 Å². The van der Waals surface area contributed by atoms with Crippen LogP contribution in [0.25, 0.3) is 65.8 Å². The summed E-state index contributed by atoms with van der Waals surface area (Å²) in [4.78, 5) is 39.4. The van der Waals surface area contributed by atoms with Crippen LogP contribution in [0, 0.1) is 37.0 Å². The summed E-state index contributed by atoms with van der Waals surface area (Å²) in [5, 5.41) is 72.3. The van der Waals surface area contributed by atoms with Crippen molar-refractivity contribution in [3.8, 4) is 0 Å². The first-order valence-corrected chi connectivity index (χ1v) is 33.5. The van der Waals surface area contributed by atoms with Crippen molar-refractivity contribution in [1.82, 2.24) is 58.6 Å². The van der Waals surface area contributed by atoms with Crippen molar-refractivity contribution in [1.29, 1.82) is 0 Å². The molecule has 12 N–H and O–H groups in total. The molecular weight excluding hydrogens is 1300 g/mol. The number of aryl methyl sites for hydroxylation is 3. The Bertz CT molecular complexity index is 4850. The van der Waals surface area contributed by atoms with E-state index < -0.39 is 52.9 Å². The Hall–Kier alpha value is -8.73. The van der Waals surface area contributed by atoms with Gasteiger partial charge in [-0.1, -0.05) is 36.4 Å². The standard InChI is InChI=1S/C24H24BrN5O3.2C24H25N5O3/c1-12-15-4-5-30(23(15)28-11-27-12)18-8-24(21(32)20(18)31)9-19(33-10-24)14-3-2-13-6-16(25)22(26)29-17(13)7-14;2*1-13-16-6-7-29(23(16)27-12-26-13)18-9-24(22(31)21(18)30)10-19(32-11-24)15-3-2-14-4-5-20(25)28-17(14)8-15/h2-7,11,18-21,31-32H,8-10H2,1H3,(H2,26,29);2*2-8,12,18-19,21-22,30-31H,9-11H2,1H3,(H2,25,28)/t18-,19+,20+,21+,24-;18-,19+,21+,22+,24-;18-,19-,21+,22+,24-/m111/s1. The van der Waals surface area contributed by atoms with Crippen LogP contribution < -0.4 is 17.2 Å². The monoisotopic (exact) mass is 1370 g/mol. The smallest absolute Gasteiger partial charge is 0.143 e. The molecule has 0 amide bonds. The fourth-order valence-corrected chi connectivity index (χ4v) is 16.9. The SMILES string of the molecule is Cc1ncnc2c1ccn2[C@@H]1C[C@@]2(CO[C@@H](c3ccc4ccc(N)nc4c3)C2)[C@@H](O)[C@H]1O.Cc1ncnc2c1ccn2[C@@H]1C[C@@]2(CO[C@H](c3ccc4cc(Br)c(N)nc4c3)C2)[C@@H](O)[C@H]1O.Cc1ncnc2c1ccn2[C@@H]1C[C@@]2(CO[C@H](c3ccc4ccc(N)nc4c3)C2)[C@@H](O)[C@H]1O. The number of anilines is 3. The van der Waals surface area contributed by atoms with E-state index in [0.29, 0.717) is 75.8 Å². The number of nitrogen functional groups attached to an aromatic ring is 3. The molecule has 25 heteroatoms. The lowest BCUT2D eigenvalue weighted by molar-refractivity contribution is -0.0309. The summed E-state index contributed by atoms with van der Waals surface area (Å²) >= 11 is 3.42. The Morgan fingerprint density at radius 3 is 1.10 bits per heavy atom. The van der Waals surface area contributed by atoms with Gasteiger partial charge in [-0.3, -0.25) is 0 Å². The van der Waals surface area contributed by atoms with Crippen LogP contribution in [0.1, 0.15) is 109 Å². The molecule has 18 rings (SSSR count). The van der Waals surface area contributed by atoms with Crippen LogP contribution in [0.2, 0.25) is 0 Å². The molecular formula is C72H74BrN15O9. The topological polar surface area (TPSA) is 358 Å². The number of fused-ring (bicyclic) bond motifs is 6. The van der Waals surface area contributed by atoms with Gasteiger partial charge >= 0.3 is 0 Å². The molecule has 3 spiro atoms. The Balaban J connectivity index is 0.000000114. The lowest BCUT2D eigenvalue weighted by atomic mass is 9.80. The first kappa shape index (κ1) is 63.0. The highest BCUT2D eigenvalue weighted by Crippen LogP contribution is 2.58. The summed E-state index contributed by atoms with van der Waals surface area (Å²) < 4.78 is 25.3. The molecule has 0 unspecified atom stereocenters. The molecule has 97 heavy (non-hydrogen) atoms. The molecule has 3 aliphatic carbocycles. The van der Waals surface area contributed by atoms with E-state index in [0.717, 1.165) is 104 Å². The van der Waals surface area contributed by atoms with E-state index in [1.165, 1.54) is 19.0 Å². The van der Waals surface area contributed by atoms with Crippen LogP contribution in [-0.2, 0) is 14.2 Å². The quantitative estimate of drug-likeness (QED) is 0.0750. The minimum Gasteiger partial charge on any atom is -0.390 e. The second kappa shape index (κ2) is 24.1. The number of benzene rings is 3. The van der Waals surface area contributed by atoms with Gasteiger partial charge < -0.3 is 75.8 Å². The number of pyridine rings is 3. The van der Waals surface area contributed by atoms with E-state index in [-0.39, 0.29) is 36.4 Å². The average molecular weight is 1370 g/mol. The number of rotatable bonds is 6. The van der Waals surface area contributed by atoms with Gasteiger partial charge in [-0.05, 0) is 159 Å². The molecule has 6 fully saturated rings. The number of hydrogen-bond acceptors (Lipinski definition) is 21. The van der Waals surface area contributed by atoms with Crippen molar-refractivity contribution in [3.63, 3.8) is 0 Å². The number of nitrogens with two attached hydrogens (primary N) is 3. The maximum Gasteiger partial charge on any atom is 0.143 e. The van der Waals surface area contributed by atoms with E-state index in [1.807, 2.05) is 144 Å². The average Bonchev–Trinajstić information content (AvgIpc) is 1.59. The Morgan fingerprint density at radius 1 is 0.412 bits per heavy atom. The largest absolute Gasteiger partial charge is 0.390 e. The van der Waals surface area contributed by atoms with Crippen LogP contribution in [0.15, 0.2) is 145 Å². The first-order valence-electron chi connectivity index (χ1n) is 32.7. The van der Waals surface area contributed by atoms with Crippen LogP contribution in [0.4, 0.5) is 17.5 Å². The van der Waals surface area contributed by atoms with E-state index in [2.05, 4.69) is 60.8 Å². The van der Waals surface area contributed by atoms with Crippen molar-refractivity contribution < 1.29 is 44.8 Å². The second-order valence-corrected chi connectivity index (χ2v) is 28.5. The molecule has 12 aromatic rings. The van der Waals surface area contributed by atoms with Gasteiger partial charge in [-0.15, -0.1) is 0 Å². The highest BCUT2D eigenvalue weighted by atomic mass is 79.9. The molecule has 3 aromatic carbocycles. The summed E-state index contributed by atoms with van der Waals surface area (Å²) in [6.45, 7) is 6.99. The van der Waals surface area contributed by atoms with Crippen molar-refractivity contribution in [2.45, 2.75) is 132 Å². The zero-order valence-electron chi connectivity index (χ0n) is 53.5. The fourth-order valence-electron chi connectivity index (χ4n) is 16.6. The number of aliphatic hydroxyl groups is 6. The molecule has 498 valence electrons. The maximum absolute atomic E-state index is 11.1. The first-order chi connectivity index (χ1) is 46.8. The summed E-state index contributed by atoms with van der Waals surface area (Å²) in [6, 6.07) is 32.6. The highest BCUT2D eigenvalue weighted by Gasteiger charge is 2.60. The number of aromatic nitrogens is 12. The summed E-state index contributed by atoms with van der Waals surface area (Å²) in [5.41, 5.74) is 26.6. The number of ether oxygens (including phenoxy) is 3. The fraction of sp³-hybridized carbons (Fsp3) is 0.375. The third kappa shape index (κ3) is 10.7. The van der Waals surface area contributed by atoms with Gasteiger partial charge in [0.15, 0.2) is 0 Å². The number of nitrogens with zero attached hydrogens (tertiary/aromatic N) is 12. The van der Waals surface area contributed by atoms with Crippen molar-refractivity contribution >= 4 is 99.2 Å². The van der Waals surface area contributed by atoms with Crippen molar-refractivity contribution in [2.24, 2.45) is 16.2 Å².